The third-order valence-corrected chi connectivity index (χ3v) is 8.17. The molecule has 1 aliphatic carbocycles. The first-order valence-corrected chi connectivity index (χ1v) is 13.5. The Morgan fingerprint density at radius 2 is 1.81 bits per heavy atom. The SMILES string of the molecule is Nc1nccn2c1c(-c1ccc3ccc(-c4ccccc4)nc3c1)nc2[C@H]1C[C@@H](NCc2cccs2)C1. The Labute approximate surface area is 218 Å². The Bertz CT molecular complexity index is 1700. The third-order valence-electron chi connectivity index (χ3n) is 7.29. The van der Waals surface area contributed by atoms with E-state index in [-0.39, 0.29) is 0 Å². The molecular formula is C30H26N6S. The van der Waals surface area contributed by atoms with Gasteiger partial charge in [0.2, 0.25) is 0 Å². The Kier molecular flexibility index (Phi) is 5.45. The molecule has 37 heavy (non-hydrogen) atoms. The molecule has 6 nitrogen and oxygen atoms in total. The van der Waals surface area contributed by atoms with Crippen LogP contribution in [0.1, 0.15) is 29.5 Å². The maximum absolute atomic E-state index is 6.41. The van der Waals surface area contributed by atoms with Crippen LogP contribution in [0, 0.1) is 0 Å². The number of nitrogens with zero attached hydrogens (tertiary/aromatic N) is 4. The summed E-state index contributed by atoms with van der Waals surface area (Å²) in [5, 5.41) is 6.91. The Morgan fingerprint density at radius 1 is 0.946 bits per heavy atom. The summed E-state index contributed by atoms with van der Waals surface area (Å²) in [5.41, 5.74) is 12.1. The van der Waals surface area contributed by atoms with Crippen molar-refractivity contribution in [3.63, 3.8) is 0 Å². The number of fused-ring (bicyclic) bond motifs is 2. The molecule has 4 aromatic heterocycles. The lowest BCUT2D eigenvalue weighted by molar-refractivity contribution is 0.280. The van der Waals surface area contributed by atoms with Gasteiger partial charge in [0.25, 0.3) is 0 Å². The summed E-state index contributed by atoms with van der Waals surface area (Å²) in [4.78, 5) is 15.9. The number of rotatable bonds is 6. The van der Waals surface area contributed by atoms with Gasteiger partial charge >= 0.3 is 0 Å². The lowest BCUT2D eigenvalue weighted by atomic mass is 9.79. The van der Waals surface area contributed by atoms with Crippen molar-refractivity contribution in [2.24, 2.45) is 0 Å². The number of hydrogen-bond donors (Lipinski definition) is 2. The predicted octanol–water partition coefficient (Wildman–Crippen LogP) is 6.29. The molecule has 182 valence electrons. The van der Waals surface area contributed by atoms with Gasteiger partial charge in [0.15, 0.2) is 0 Å². The van der Waals surface area contributed by atoms with Crippen LogP contribution in [0.3, 0.4) is 0 Å². The monoisotopic (exact) mass is 502 g/mol. The number of hydrogen-bond acceptors (Lipinski definition) is 6. The van der Waals surface area contributed by atoms with Crippen molar-refractivity contribution in [3.8, 4) is 22.5 Å². The molecule has 1 fully saturated rings. The van der Waals surface area contributed by atoms with Gasteiger partial charge in [-0.15, -0.1) is 11.3 Å². The van der Waals surface area contributed by atoms with E-state index >= 15 is 0 Å². The molecule has 0 atom stereocenters. The van der Waals surface area contributed by atoms with Crippen molar-refractivity contribution in [1.82, 2.24) is 24.7 Å². The molecule has 1 aliphatic rings. The average Bonchev–Trinajstić information content (AvgIpc) is 3.57. The number of aromatic nitrogens is 4. The largest absolute Gasteiger partial charge is 0.382 e. The zero-order valence-corrected chi connectivity index (χ0v) is 21.0. The van der Waals surface area contributed by atoms with Crippen LogP contribution in [-0.4, -0.2) is 25.4 Å². The van der Waals surface area contributed by atoms with E-state index in [0.29, 0.717) is 17.8 Å². The van der Waals surface area contributed by atoms with Crippen LogP contribution in [0.2, 0.25) is 0 Å². The van der Waals surface area contributed by atoms with Crippen molar-refractivity contribution in [1.29, 1.82) is 0 Å². The van der Waals surface area contributed by atoms with Gasteiger partial charge in [0.05, 0.1) is 11.2 Å². The fraction of sp³-hybridized carbons (Fsp3) is 0.167. The van der Waals surface area contributed by atoms with Gasteiger partial charge in [0.1, 0.15) is 22.9 Å². The number of nitrogens with one attached hydrogen (secondary N) is 1. The highest BCUT2D eigenvalue weighted by Gasteiger charge is 2.34. The minimum atomic E-state index is 0.382. The molecule has 0 aliphatic heterocycles. The topological polar surface area (TPSA) is 81.1 Å². The predicted molar refractivity (Wildman–Crippen MR) is 150 cm³/mol. The van der Waals surface area contributed by atoms with E-state index in [2.05, 4.69) is 74.7 Å². The van der Waals surface area contributed by atoms with E-state index in [1.165, 1.54) is 4.88 Å². The van der Waals surface area contributed by atoms with E-state index < -0.39 is 0 Å². The number of pyridine rings is 1. The molecule has 0 unspecified atom stereocenters. The maximum atomic E-state index is 6.41. The molecule has 3 N–H and O–H groups in total. The first-order valence-electron chi connectivity index (χ1n) is 12.6. The summed E-state index contributed by atoms with van der Waals surface area (Å²) in [6, 6.07) is 25.6. The van der Waals surface area contributed by atoms with Crippen molar-refractivity contribution in [2.45, 2.75) is 31.3 Å². The average molecular weight is 503 g/mol. The van der Waals surface area contributed by atoms with Gasteiger partial charge in [-0.1, -0.05) is 54.6 Å². The zero-order valence-electron chi connectivity index (χ0n) is 20.2. The van der Waals surface area contributed by atoms with Crippen LogP contribution >= 0.6 is 11.3 Å². The number of thiophene rings is 1. The van der Waals surface area contributed by atoms with Crippen LogP contribution in [0.25, 0.3) is 38.9 Å². The molecular weight excluding hydrogens is 476 g/mol. The number of anilines is 1. The highest BCUT2D eigenvalue weighted by molar-refractivity contribution is 7.09. The molecule has 7 rings (SSSR count). The Morgan fingerprint density at radius 3 is 2.65 bits per heavy atom. The first kappa shape index (κ1) is 22.2. The summed E-state index contributed by atoms with van der Waals surface area (Å²) in [5.74, 6) is 1.93. The number of nitrogen functional groups attached to an aromatic ring is 1. The fourth-order valence-corrected chi connectivity index (χ4v) is 5.92. The smallest absolute Gasteiger partial charge is 0.150 e. The Balaban J connectivity index is 1.22. The van der Waals surface area contributed by atoms with E-state index in [9.17, 15) is 0 Å². The molecule has 0 spiro atoms. The molecule has 4 heterocycles. The summed E-state index contributed by atoms with van der Waals surface area (Å²) in [7, 11) is 0. The van der Waals surface area contributed by atoms with Crippen LogP contribution in [0.15, 0.2) is 90.6 Å². The zero-order chi connectivity index (χ0) is 24.8. The Hall–Kier alpha value is -4.07. The van der Waals surface area contributed by atoms with Crippen LogP contribution in [-0.2, 0) is 6.54 Å². The number of imidazole rings is 1. The van der Waals surface area contributed by atoms with Crippen molar-refractivity contribution < 1.29 is 0 Å². The van der Waals surface area contributed by atoms with Gasteiger partial charge in [0, 0.05) is 52.3 Å². The molecule has 2 aromatic carbocycles. The standard InChI is InChI=1S/C30H26N6S/c31-29-28-27(21-9-8-20-10-11-25(34-26(20)17-21)19-5-2-1-3-6-19)35-30(36(28)13-12-32-29)22-15-23(16-22)33-18-24-7-4-14-37-24/h1-14,17,22-23,33H,15-16,18H2,(H2,31,32)/t22-,23+. The van der Waals surface area contributed by atoms with Gasteiger partial charge < -0.3 is 11.1 Å². The third kappa shape index (κ3) is 4.06. The van der Waals surface area contributed by atoms with Gasteiger partial charge in [-0.25, -0.2) is 15.0 Å². The summed E-state index contributed by atoms with van der Waals surface area (Å²) < 4.78 is 2.13. The molecule has 7 heteroatoms. The second-order valence-electron chi connectivity index (χ2n) is 9.65. The van der Waals surface area contributed by atoms with Crippen LogP contribution in [0.5, 0.6) is 0 Å². The number of benzene rings is 2. The first-order chi connectivity index (χ1) is 18.2. The van der Waals surface area contributed by atoms with Gasteiger partial charge in [-0.2, -0.15) is 0 Å². The normalized spacial score (nSPS) is 17.3. The molecule has 0 saturated heterocycles. The summed E-state index contributed by atoms with van der Waals surface area (Å²) in [6.45, 7) is 0.925. The minimum Gasteiger partial charge on any atom is -0.382 e. The maximum Gasteiger partial charge on any atom is 0.150 e. The highest BCUT2D eigenvalue weighted by Crippen LogP contribution is 2.40. The molecule has 0 bridgehead atoms. The summed E-state index contributed by atoms with van der Waals surface area (Å²) in [6.07, 6.45) is 5.87. The van der Waals surface area contributed by atoms with E-state index in [0.717, 1.165) is 64.1 Å². The minimum absolute atomic E-state index is 0.382. The second kappa shape index (κ2) is 9.10. The number of nitrogens with two attached hydrogens (primary N) is 1. The molecule has 0 radical (unpaired) electrons. The van der Waals surface area contributed by atoms with Gasteiger partial charge in [-0.05, 0) is 36.4 Å². The molecule has 6 aromatic rings. The molecule has 1 saturated carbocycles. The van der Waals surface area contributed by atoms with E-state index in [1.807, 2.05) is 24.4 Å². The highest BCUT2D eigenvalue weighted by atomic mass is 32.1. The fourth-order valence-electron chi connectivity index (χ4n) is 5.26. The van der Waals surface area contributed by atoms with Crippen molar-refractivity contribution >= 4 is 33.6 Å². The van der Waals surface area contributed by atoms with Crippen LogP contribution < -0.4 is 11.1 Å². The quantitative estimate of drug-likeness (QED) is 0.280. The molecule has 0 amide bonds. The lowest BCUT2D eigenvalue weighted by Crippen LogP contribution is -2.40. The van der Waals surface area contributed by atoms with Gasteiger partial charge in [-0.3, -0.25) is 4.40 Å². The van der Waals surface area contributed by atoms with E-state index in [4.69, 9.17) is 15.7 Å². The van der Waals surface area contributed by atoms with Crippen molar-refractivity contribution in [2.75, 3.05) is 5.73 Å². The van der Waals surface area contributed by atoms with Crippen LogP contribution in [0.4, 0.5) is 5.82 Å². The second-order valence-corrected chi connectivity index (χ2v) is 10.7. The lowest BCUT2D eigenvalue weighted by Gasteiger charge is -2.35. The van der Waals surface area contributed by atoms with E-state index in [1.54, 1.807) is 17.5 Å². The van der Waals surface area contributed by atoms with Crippen molar-refractivity contribution in [3.05, 3.63) is 101 Å². The summed E-state index contributed by atoms with van der Waals surface area (Å²) >= 11 is 1.80.